The molecule has 0 atom stereocenters. The third-order valence-electron chi connectivity index (χ3n) is 4.43. The maximum absolute atomic E-state index is 12.3. The van der Waals surface area contributed by atoms with Gasteiger partial charge in [-0.3, -0.25) is 4.79 Å². The van der Waals surface area contributed by atoms with E-state index in [0.29, 0.717) is 22.5 Å². The number of anilines is 1. The monoisotopic (exact) mass is 337 g/mol. The Labute approximate surface area is 145 Å². The number of hydrogen-bond acceptors (Lipinski definition) is 5. The highest BCUT2D eigenvalue weighted by molar-refractivity contribution is 5.80. The number of aromatic nitrogens is 2. The van der Waals surface area contributed by atoms with Crippen LogP contribution in [-0.4, -0.2) is 43.4 Å². The quantitative estimate of drug-likeness (QED) is 0.795. The number of aromatic amines is 1. The van der Waals surface area contributed by atoms with Crippen LogP contribution in [0.5, 0.6) is 5.75 Å². The summed E-state index contributed by atoms with van der Waals surface area (Å²) in [6.45, 7) is 3.16. The Balaban J connectivity index is 1.78. The van der Waals surface area contributed by atoms with E-state index in [1.54, 1.807) is 13.2 Å². The Bertz CT molecular complexity index is 962. The molecule has 2 heterocycles. The van der Waals surface area contributed by atoms with Crippen LogP contribution in [0.2, 0.25) is 0 Å². The van der Waals surface area contributed by atoms with E-state index < -0.39 is 0 Å². The predicted molar refractivity (Wildman–Crippen MR) is 97.4 cm³/mol. The Morgan fingerprint density at radius 1 is 1.16 bits per heavy atom. The summed E-state index contributed by atoms with van der Waals surface area (Å²) in [7, 11) is 1.63. The number of morpholine rings is 1. The van der Waals surface area contributed by atoms with E-state index in [4.69, 9.17) is 9.47 Å². The standard InChI is InChI=1S/C19H19N3O3/c1-24-17-12-13(22-8-10-25-11-9-22)6-7-15(17)18-20-16-5-3-2-4-14(16)19(23)21-18/h2-7,12H,8-11H2,1H3,(H,20,21,23). The maximum atomic E-state index is 12.3. The van der Waals surface area contributed by atoms with Gasteiger partial charge >= 0.3 is 0 Å². The summed E-state index contributed by atoms with van der Waals surface area (Å²) < 4.78 is 11.0. The molecule has 1 aromatic heterocycles. The molecule has 0 amide bonds. The van der Waals surface area contributed by atoms with Crippen molar-refractivity contribution in [2.45, 2.75) is 0 Å². The van der Waals surface area contributed by atoms with Crippen molar-refractivity contribution < 1.29 is 9.47 Å². The average molecular weight is 337 g/mol. The normalized spacial score (nSPS) is 14.7. The highest BCUT2D eigenvalue weighted by Crippen LogP contribution is 2.32. The Kier molecular flexibility index (Phi) is 4.11. The van der Waals surface area contributed by atoms with Gasteiger partial charge in [0.1, 0.15) is 11.6 Å². The van der Waals surface area contributed by atoms with E-state index in [-0.39, 0.29) is 5.56 Å². The molecule has 2 aromatic carbocycles. The molecule has 3 aromatic rings. The van der Waals surface area contributed by atoms with E-state index >= 15 is 0 Å². The second-order valence-electron chi connectivity index (χ2n) is 5.92. The third-order valence-corrected chi connectivity index (χ3v) is 4.43. The minimum Gasteiger partial charge on any atom is -0.496 e. The first kappa shape index (κ1) is 15.7. The molecule has 6 heteroatoms. The molecule has 0 radical (unpaired) electrons. The van der Waals surface area contributed by atoms with Gasteiger partial charge in [0.15, 0.2) is 0 Å². The number of hydrogen-bond donors (Lipinski definition) is 1. The molecule has 0 aliphatic carbocycles. The van der Waals surface area contributed by atoms with Gasteiger partial charge in [-0.1, -0.05) is 12.1 Å². The number of fused-ring (bicyclic) bond motifs is 1. The van der Waals surface area contributed by atoms with Crippen molar-refractivity contribution in [2.24, 2.45) is 0 Å². The largest absolute Gasteiger partial charge is 0.496 e. The first-order valence-corrected chi connectivity index (χ1v) is 8.26. The van der Waals surface area contributed by atoms with Crippen molar-refractivity contribution in [3.8, 4) is 17.1 Å². The Hall–Kier alpha value is -2.86. The van der Waals surface area contributed by atoms with Gasteiger partial charge in [0.25, 0.3) is 5.56 Å². The number of para-hydroxylation sites is 1. The fourth-order valence-corrected chi connectivity index (χ4v) is 3.11. The van der Waals surface area contributed by atoms with E-state index in [1.807, 2.05) is 36.4 Å². The fourth-order valence-electron chi connectivity index (χ4n) is 3.11. The van der Waals surface area contributed by atoms with Crippen molar-refractivity contribution in [1.82, 2.24) is 9.97 Å². The number of methoxy groups -OCH3 is 1. The zero-order valence-electron chi connectivity index (χ0n) is 14.0. The molecule has 4 rings (SSSR count). The lowest BCUT2D eigenvalue weighted by Gasteiger charge is -2.29. The highest BCUT2D eigenvalue weighted by atomic mass is 16.5. The van der Waals surface area contributed by atoms with Crippen LogP contribution in [0.15, 0.2) is 47.3 Å². The third kappa shape index (κ3) is 2.96. The second-order valence-corrected chi connectivity index (χ2v) is 5.92. The maximum Gasteiger partial charge on any atom is 0.259 e. The highest BCUT2D eigenvalue weighted by Gasteiger charge is 2.16. The number of benzene rings is 2. The average Bonchev–Trinajstić information content (AvgIpc) is 2.68. The molecule has 1 aliphatic rings. The number of nitrogens with zero attached hydrogens (tertiary/aromatic N) is 2. The van der Waals surface area contributed by atoms with Crippen LogP contribution in [0.1, 0.15) is 0 Å². The summed E-state index contributed by atoms with van der Waals surface area (Å²) in [5.41, 5.74) is 2.36. The van der Waals surface area contributed by atoms with Gasteiger partial charge in [-0.25, -0.2) is 4.98 Å². The molecule has 1 fully saturated rings. The van der Waals surface area contributed by atoms with Crippen molar-refractivity contribution in [1.29, 1.82) is 0 Å². The molecule has 0 spiro atoms. The number of H-pyrrole nitrogens is 1. The van der Waals surface area contributed by atoms with Gasteiger partial charge in [-0.05, 0) is 24.3 Å². The summed E-state index contributed by atoms with van der Waals surface area (Å²) in [6, 6.07) is 13.3. The van der Waals surface area contributed by atoms with Crippen LogP contribution in [0.3, 0.4) is 0 Å². The fraction of sp³-hybridized carbons (Fsp3) is 0.263. The Morgan fingerprint density at radius 2 is 1.96 bits per heavy atom. The van der Waals surface area contributed by atoms with Crippen LogP contribution in [-0.2, 0) is 4.74 Å². The first-order chi connectivity index (χ1) is 12.3. The summed E-state index contributed by atoms with van der Waals surface area (Å²) >= 11 is 0. The molecule has 6 nitrogen and oxygen atoms in total. The number of rotatable bonds is 3. The van der Waals surface area contributed by atoms with E-state index in [9.17, 15) is 4.79 Å². The van der Waals surface area contributed by atoms with Crippen LogP contribution >= 0.6 is 0 Å². The molecule has 0 unspecified atom stereocenters. The predicted octanol–water partition coefficient (Wildman–Crippen LogP) is 2.44. The molecular weight excluding hydrogens is 318 g/mol. The van der Waals surface area contributed by atoms with Crippen molar-refractivity contribution in [3.63, 3.8) is 0 Å². The smallest absolute Gasteiger partial charge is 0.259 e. The minimum atomic E-state index is -0.153. The van der Waals surface area contributed by atoms with E-state index in [1.165, 1.54) is 0 Å². The molecule has 1 aliphatic heterocycles. The van der Waals surface area contributed by atoms with Gasteiger partial charge in [-0.2, -0.15) is 0 Å². The summed E-state index contributed by atoms with van der Waals surface area (Å²) in [6.07, 6.45) is 0. The molecule has 1 saturated heterocycles. The zero-order chi connectivity index (χ0) is 17.2. The summed E-state index contributed by atoms with van der Waals surface area (Å²) in [4.78, 5) is 22.0. The van der Waals surface area contributed by atoms with Crippen LogP contribution in [0, 0.1) is 0 Å². The topological polar surface area (TPSA) is 67.5 Å². The van der Waals surface area contributed by atoms with E-state index in [2.05, 4.69) is 14.9 Å². The van der Waals surface area contributed by atoms with Crippen LogP contribution in [0.25, 0.3) is 22.3 Å². The lowest BCUT2D eigenvalue weighted by molar-refractivity contribution is 0.122. The SMILES string of the molecule is COc1cc(N2CCOCC2)ccc1-c1nc2ccccc2c(=O)[nH]1. The molecule has 0 saturated carbocycles. The summed E-state index contributed by atoms with van der Waals surface area (Å²) in [5.74, 6) is 1.19. The minimum absolute atomic E-state index is 0.153. The van der Waals surface area contributed by atoms with Crippen molar-refractivity contribution in [3.05, 3.63) is 52.8 Å². The summed E-state index contributed by atoms with van der Waals surface area (Å²) in [5, 5.41) is 0.579. The second kappa shape index (κ2) is 6.57. The molecule has 128 valence electrons. The zero-order valence-corrected chi connectivity index (χ0v) is 14.0. The van der Waals surface area contributed by atoms with Crippen molar-refractivity contribution >= 4 is 16.6 Å². The van der Waals surface area contributed by atoms with Crippen LogP contribution in [0.4, 0.5) is 5.69 Å². The number of nitrogens with one attached hydrogen (secondary N) is 1. The van der Waals surface area contributed by atoms with Gasteiger partial charge in [-0.15, -0.1) is 0 Å². The van der Waals surface area contributed by atoms with Gasteiger partial charge in [0.05, 0.1) is 36.8 Å². The molecule has 25 heavy (non-hydrogen) atoms. The molecular formula is C19H19N3O3. The van der Waals surface area contributed by atoms with Gasteiger partial charge < -0.3 is 19.4 Å². The van der Waals surface area contributed by atoms with Gasteiger partial charge in [0.2, 0.25) is 0 Å². The first-order valence-electron chi connectivity index (χ1n) is 8.26. The van der Waals surface area contributed by atoms with Crippen LogP contribution < -0.4 is 15.2 Å². The lowest BCUT2D eigenvalue weighted by atomic mass is 10.1. The molecule has 1 N–H and O–H groups in total. The lowest BCUT2D eigenvalue weighted by Crippen LogP contribution is -2.36. The molecule has 0 bridgehead atoms. The Morgan fingerprint density at radius 3 is 2.76 bits per heavy atom. The van der Waals surface area contributed by atoms with Gasteiger partial charge in [0, 0.05) is 24.8 Å². The van der Waals surface area contributed by atoms with E-state index in [0.717, 1.165) is 37.6 Å². The van der Waals surface area contributed by atoms with Crippen molar-refractivity contribution in [2.75, 3.05) is 38.3 Å². The number of ether oxygens (including phenoxy) is 2.